The van der Waals surface area contributed by atoms with E-state index >= 15 is 0 Å². The maximum Gasteiger partial charge on any atom is 0.125 e. The van der Waals surface area contributed by atoms with Gasteiger partial charge in [0.15, 0.2) is 0 Å². The highest BCUT2D eigenvalue weighted by molar-refractivity contribution is 7.07. The number of rotatable bonds is 1. The quantitative estimate of drug-likeness (QED) is 0.751. The molecule has 0 saturated carbocycles. The third-order valence-corrected chi connectivity index (χ3v) is 2.45. The highest BCUT2D eigenvalue weighted by Gasteiger charge is 2.05. The Bertz CT molecular complexity index is 409. The maximum atomic E-state index is 9.57. The van der Waals surface area contributed by atoms with Gasteiger partial charge in [-0.25, -0.2) is 4.98 Å². The number of hydrogen-bond donors (Lipinski definition) is 1. The number of benzene rings is 1. The van der Waals surface area contributed by atoms with Crippen LogP contribution in [0.5, 0.6) is 5.75 Å². The zero-order chi connectivity index (χ0) is 9.26. The number of aryl methyl sites for hydroxylation is 1. The van der Waals surface area contributed by atoms with Crippen LogP contribution >= 0.6 is 11.3 Å². The third kappa shape index (κ3) is 1.55. The zero-order valence-corrected chi connectivity index (χ0v) is 8.01. The van der Waals surface area contributed by atoms with Crippen LogP contribution in [0, 0.1) is 6.92 Å². The molecule has 0 fully saturated rings. The monoisotopic (exact) mass is 191 g/mol. The molecule has 66 valence electrons. The summed E-state index contributed by atoms with van der Waals surface area (Å²) in [6.07, 6.45) is 0. The van der Waals surface area contributed by atoms with Crippen LogP contribution in [0.2, 0.25) is 0 Å². The Morgan fingerprint density at radius 2 is 2.23 bits per heavy atom. The van der Waals surface area contributed by atoms with E-state index in [-0.39, 0.29) is 5.75 Å². The molecule has 0 radical (unpaired) electrons. The molecule has 1 N–H and O–H groups in total. The number of phenolic OH excluding ortho intramolecular Hbond substituents is 1. The van der Waals surface area contributed by atoms with Crippen LogP contribution < -0.4 is 0 Å². The Balaban J connectivity index is 2.57. The smallest absolute Gasteiger partial charge is 0.125 e. The number of aromatic hydroxyl groups is 1. The van der Waals surface area contributed by atoms with Crippen molar-refractivity contribution < 1.29 is 5.11 Å². The van der Waals surface area contributed by atoms with Crippen LogP contribution in [0.3, 0.4) is 0 Å². The standard InChI is InChI=1S/C10H9NOS/c1-7-2-3-10(12)8(4-7)9-5-13-6-11-9/h2-6,12H,1H3. The first-order valence-electron chi connectivity index (χ1n) is 3.95. The molecule has 1 aromatic carbocycles. The Labute approximate surface area is 80.5 Å². The summed E-state index contributed by atoms with van der Waals surface area (Å²) in [6.45, 7) is 2.00. The van der Waals surface area contributed by atoms with Crippen LogP contribution in [0.25, 0.3) is 11.3 Å². The van der Waals surface area contributed by atoms with E-state index in [2.05, 4.69) is 4.98 Å². The van der Waals surface area contributed by atoms with E-state index in [9.17, 15) is 5.11 Å². The van der Waals surface area contributed by atoms with Gasteiger partial charge >= 0.3 is 0 Å². The largest absolute Gasteiger partial charge is 0.507 e. The summed E-state index contributed by atoms with van der Waals surface area (Å²) < 4.78 is 0. The minimum Gasteiger partial charge on any atom is -0.507 e. The highest BCUT2D eigenvalue weighted by Crippen LogP contribution is 2.29. The minimum absolute atomic E-state index is 0.288. The number of thiazole rings is 1. The molecule has 0 amide bonds. The summed E-state index contributed by atoms with van der Waals surface area (Å²) >= 11 is 1.53. The molecule has 0 aliphatic heterocycles. The van der Waals surface area contributed by atoms with E-state index in [0.717, 1.165) is 16.8 Å². The summed E-state index contributed by atoms with van der Waals surface area (Å²) in [4.78, 5) is 4.15. The van der Waals surface area contributed by atoms with Crippen molar-refractivity contribution in [3.8, 4) is 17.0 Å². The van der Waals surface area contributed by atoms with Gasteiger partial charge in [-0.15, -0.1) is 11.3 Å². The van der Waals surface area contributed by atoms with Crippen LogP contribution in [-0.2, 0) is 0 Å². The lowest BCUT2D eigenvalue weighted by Crippen LogP contribution is -1.80. The van der Waals surface area contributed by atoms with E-state index < -0.39 is 0 Å². The van der Waals surface area contributed by atoms with Crippen molar-refractivity contribution in [1.29, 1.82) is 0 Å². The molecule has 13 heavy (non-hydrogen) atoms. The summed E-state index contributed by atoms with van der Waals surface area (Å²) in [7, 11) is 0. The summed E-state index contributed by atoms with van der Waals surface area (Å²) in [5.74, 6) is 0.288. The molecule has 2 aromatic rings. The zero-order valence-electron chi connectivity index (χ0n) is 7.19. The Morgan fingerprint density at radius 3 is 2.92 bits per heavy atom. The molecule has 0 aliphatic carbocycles. The Morgan fingerprint density at radius 1 is 1.38 bits per heavy atom. The van der Waals surface area contributed by atoms with Gasteiger partial charge in [0.2, 0.25) is 0 Å². The number of phenols is 1. The highest BCUT2D eigenvalue weighted by atomic mass is 32.1. The van der Waals surface area contributed by atoms with Crippen LogP contribution in [0.4, 0.5) is 0 Å². The third-order valence-electron chi connectivity index (χ3n) is 1.86. The van der Waals surface area contributed by atoms with Crippen LogP contribution in [-0.4, -0.2) is 10.1 Å². The van der Waals surface area contributed by atoms with Crippen molar-refractivity contribution in [3.63, 3.8) is 0 Å². The van der Waals surface area contributed by atoms with Gasteiger partial charge in [-0.1, -0.05) is 11.6 Å². The second-order valence-electron chi connectivity index (χ2n) is 2.89. The molecule has 0 spiro atoms. The minimum atomic E-state index is 0.288. The molecule has 1 aromatic heterocycles. The fourth-order valence-corrected chi connectivity index (χ4v) is 1.75. The Kier molecular flexibility index (Phi) is 2.02. The van der Waals surface area contributed by atoms with Crippen molar-refractivity contribution in [1.82, 2.24) is 4.98 Å². The summed E-state index contributed by atoms with van der Waals surface area (Å²) in [6, 6.07) is 5.51. The first-order chi connectivity index (χ1) is 6.27. The van der Waals surface area contributed by atoms with Crippen molar-refractivity contribution in [3.05, 3.63) is 34.7 Å². The van der Waals surface area contributed by atoms with E-state index in [1.807, 2.05) is 24.4 Å². The maximum absolute atomic E-state index is 9.57. The van der Waals surface area contributed by atoms with E-state index in [0.29, 0.717) is 0 Å². The van der Waals surface area contributed by atoms with Gasteiger partial charge in [0.05, 0.1) is 11.2 Å². The molecule has 1 heterocycles. The van der Waals surface area contributed by atoms with Crippen molar-refractivity contribution in [2.45, 2.75) is 6.92 Å². The van der Waals surface area contributed by atoms with Gasteiger partial charge in [-0.05, 0) is 19.1 Å². The van der Waals surface area contributed by atoms with Crippen LogP contribution in [0.15, 0.2) is 29.1 Å². The fraction of sp³-hybridized carbons (Fsp3) is 0.100. The number of aromatic nitrogens is 1. The van der Waals surface area contributed by atoms with Gasteiger partial charge < -0.3 is 5.11 Å². The van der Waals surface area contributed by atoms with E-state index in [4.69, 9.17) is 0 Å². The number of hydrogen-bond acceptors (Lipinski definition) is 3. The molecule has 0 saturated heterocycles. The molecule has 0 aliphatic rings. The normalized spacial score (nSPS) is 10.2. The van der Waals surface area contributed by atoms with E-state index in [1.54, 1.807) is 11.6 Å². The predicted molar refractivity (Wildman–Crippen MR) is 54.0 cm³/mol. The molecule has 0 atom stereocenters. The molecule has 0 bridgehead atoms. The fourth-order valence-electron chi connectivity index (χ4n) is 1.20. The average molecular weight is 191 g/mol. The second-order valence-corrected chi connectivity index (χ2v) is 3.61. The second kappa shape index (κ2) is 3.18. The summed E-state index contributed by atoms with van der Waals surface area (Å²) in [5.41, 5.74) is 4.53. The van der Waals surface area contributed by atoms with Crippen molar-refractivity contribution >= 4 is 11.3 Å². The topological polar surface area (TPSA) is 33.1 Å². The first kappa shape index (κ1) is 8.26. The lowest BCUT2D eigenvalue weighted by molar-refractivity contribution is 0.477. The first-order valence-corrected chi connectivity index (χ1v) is 4.90. The lowest BCUT2D eigenvalue weighted by atomic mass is 10.1. The molecule has 3 heteroatoms. The molecule has 2 rings (SSSR count). The van der Waals surface area contributed by atoms with Crippen molar-refractivity contribution in [2.75, 3.05) is 0 Å². The Hall–Kier alpha value is -1.35. The molecule has 2 nitrogen and oxygen atoms in total. The molecular formula is C10H9NOS. The van der Waals surface area contributed by atoms with Gasteiger partial charge in [0.25, 0.3) is 0 Å². The van der Waals surface area contributed by atoms with Gasteiger partial charge in [0.1, 0.15) is 5.75 Å². The lowest BCUT2D eigenvalue weighted by Gasteiger charge is -2.01. The van der Waals surface area contributed by atoms with Gasteiger partial charge in [-0.3, -0.25) is 0 Å². The van der Waals surface area contributed by atoms with Gasteiger partial charge in [-0.2, -0.15) is 0 Å². The summed E-state index contributed by atoms with van der Waals surface area (Å²) in [5, 5.41) is 11.5. The van der Waals surface area contributed by atoms with Crippen LogP contribution in [0.1, 0.15) is 5.56 Å². The van der Waals surface area contributed by atoms with Gasteiger partial charge in [0, 0.05) is 10.9 Å². The van der Waals surface area contributed by atoms with Crippen molar-refractivity contribution in [2.24, 2.45) is 0 Å². The SMILES string of the molecule is Cc1ccc(O)c(-c2cscn2)c1. The average Bonchev–Trinajstić information content (AvgIpc) is 2.61. The molecule has 0 unspecified atom stereocenters. The number of nitrogens with zero attached hydrogens (tertiary/aromatic N) is 1. The molecular weight excluding hydrogens is 182 g/mol. The van der Waals surface area contributed by atoms with E-state index in [1.165, 1.54) is 11.3 Å². The predicted octanol–water partition coefficient (Wildman–Crippen LogP) is 2.82.